The van der Waals surface area contributed by atoms with Gasteiger partial charge in [0.2, 0.25) is 11.8 Å². The molecular formula is C22H26N2O4. The Morgan fingerprint density at radius 3 is 2.64 bits per heavy atom. The van der Waals surface area contributed by atoms with E-state index < -0.39 is 0 Å². The Balaban J connectivity index is 1.53. The maximum atomic E-state index is 12.6. The summed E-state index contributed by atoms with van der Waals surface area (Å²) in [7, 11) is 3.19. The van der Waals surface area contributed by atoms with Crippen LogP contribution >= 0.6 is 0 Å². The number of methoxy groups -OCH3 is 2. The largest absolute Gasteiger partial charge is 0.497 e. The molecule has 1 fully saturated rings. The highest BCUT2D eigenvalue weighted by Crippen LogP contribution is 2.24. The van der Waals surface area contributed by atoms with Gasteiger partial charge in [-0.2, -0.15) is 0 Å². The van der Waals surface area contributed by atoms with Crippen molar-refractivity contribution in [3.63, 3.8) is 0 Å². The standard InChI is InChI=1S/C22H26N2O4/c1-27-19-8-9-20(28-2)17(12-19)14-23-22(26)18-13-21(25)24(15-18)11-10-16-6-4-3-5-7-16/h3-9,12,18H,10-11,13-15H2,1-2H3,(H,23,26)/t18-/m1/s1. The average molecular weight is 382 g/mol. The molecule has 0 bridgehead atoms. The molecule has 2 amide bonds. The summed E-state index contributed by atoms with van der Waals surface area (Å²) in [6.45, 7) is 1.43. The lowest BCUT2D eigenvalue weighted by Crippen LogP contribution is -2.33. The lowest BCUT2D eigenvalue weighted by atomic mass is 10.1. The van der Waals surface area contributed by atoms with E-state index in [1.165, 1.54) is 5.56 Å². The van der Waals surface area contributed by atoms with Gasteiger partial charge in [0.05, 0.1) is 20.1 Å². The zero-order valence-electron chi connectivity index (χ0n) is 16.3. The van der Waals surface area contributed by atoms with Crippen molar-refractivity contribution in [1.29, 1.82) is 0 Å². The fourth-order valence-corrected chi connectivity index (χ4v) is 3.42. The van der Waals surface area contributed by atoms with Crippen molar-refractivity contribution in [2.24, 2.45) is 5.92 Å². The van der Waals surface area contributed by atoms with Gasteiger partial charge < -0.3 is 19.7 Å². The van der Waals surface area contributed by atoms with Crippen molar-refractivity contribution >= 4 is 11.8 Å². The lowest BCUT2D eigenvalue weighted by molar-refractivity contribution is -0.129. The number of nitrogens with zero attached hydrogens (tertiary/aromatic N) is 1. The Morgan fingerprint density at radius 2 is 1.93 bits per heavy atom. The summed E-state index contributed by atoms with van der Waals surface area (Å²) < 4.78 is 10.6. The number of ether oxygens (including phenoxy) is 2. The molecule has 3 rings (SSSR count). The molecule has 6 nitrogen and oxygen atoms in total. The van der Waals surface area contributed by atoms with Crippen LogP contribution in [0.4, 0.5) is 0 Å². The Morgan fingerprint density at radius 1 is 1.14 bits per heavy atom. The molecule has 2 aromatic rings. The number of amides is 2. The van der Waals surface area contributed by atoms with Crippen molar-refractivity contribution in [2.45, 2.75) is 19.4 Å². The first-order chi connectivity index (χ1) is 13.6. The van der Waals surface area contributed by atoms with Crippen LogP contribution in [0.15, 0.2) is 48.5 Å². The Bertz CT molecular complexity index is 823. The first-order valence-corrected chi connectivity index (χ1v) is 9.41. The highest BCUT2D eigenvalue weighted by atomic mass is 16.5. The van der Waals surface area contributed by atoms with E-state index in [0.29, 0.717) is 31.1 Å². The lowest BCUT2D eigenvalue weighted by Gasteiger charge is -2.17. The van der Waals surface area contributed by atoms with Crippen LogP contribution in [0.2, 0.25) is 0 Å². The third-order valence-corrected chi connectivity index (χ3v) is 5.04. The van der Waals surface area contributed by atoms with Gasteiger partial charge in [0.25, 0.3) is 0 Å². The minimum Gasteiger partial charge on any atom is -0.497 e. The van der Waals surface area contributed by atoms with Gasteiger partial charge in [0.1, 0.15) is 11.5 Å². The number of hydrogen-bond donors (Lipinski definition) is 1. The minimum atomic E-state index is -0.320. The summed E-state index contributed by atoms with van der Waals surface area (Å²) in [5.74, 6) is 0.997. The molecule has 148 valence electrons. The molecule has 6 heteroatoms. The highest BCUT2D eigenvalue weighted by molar-refractivity contribution is 5.89. The SMILES string of the molecule is COc1ccc(OC)c(CNC(=O)[C@@H]2CC(=O)N(CCc3ccccc3)C2)c1. The molecule has 28 heavy (non-hydrogen) atoms. The van der Waals surface area contributed by atoms with Crippen LogP contribution in [0.5, 0.6) is 11.5 Å². The maximum Gasteiger partial charge on any atom is 0.225 e. The van der Waals surface area contributed by atoms with Gasteiger partial charge >= 0.3 is 0 Å². The van der Waals surface area contributed by atoms with Gasteiger partial charge in [-0.05, 0) is 30.2 Å². The molecule has 2 aromatic carbocycles. The van der Waals surface area contributed by atoms with Gasteiger partial charge in [-0.25, -0.2) is 0 Å². The molecule has 1 aliphatic rings. The van der Waals surface area contributed by atoms with Gasteiger partial charge in [0, 0.05) is 31.6 Å². The highest BCUT2D eigenvalue weighted by Gasteiger charge is 2.33. The van der Waals surface area contributed by atoms with Crippen LogP contribution in [0.25, 0.3) is 0 Å². The van der Waals surface area contributed by atoms with Crippen molar-refractivity contribution < 1.29 is 19.1 Å². The van der Waals surface area contributed by atoms with Crippen molar-refractivity contribution in [2.75, 3.05) is 27.3 Å². The predicted octanol–water partition coefficient (Wildman–Crippen LogP) is 2.41. The van der Waals surface area contributed by atoms with E-state index in [1.807, 2.05) is 48.5 Å². The summed E-state index contributed by atoms with van der Waals surface area (Å²) >= 11 is 0. The van der Waals surface area contributed by atoms with E-state index in [0.717, 1.165) is 12.0 Å². The molecule has 0 aliphatic carbocycles. The summed E-state index contributed by atoms with van der Waals surface area (Å²) in [6, 6.07) is 15.5. The van der Waals surface area contributed by atoms with Crippen molar-refractivity contribution in [1.82, 2.24) is 10.2 Å². The van der Waals surface area contributed by atoms with E-state index >= 15 is 0 Å². The molecule has 1 saturated heterocycles. The number of benzene rings is 2. The molecule has 0 saturated carbocycles. The third-order valence-electron chi connectivity index (χ3n) is 5.04. The number of carbonyl (C=O) groups is 2. The fraction of sp³-hybridized carbons (Fsp3) is 0.364. The second kappa shape index (κ2) is 9.26. The molecule has 0 aromatic heterocycles. The second-order valence-corrected chi connectivity index (χ2v) is 6.87. The number of nitrogens with one attached hydrogen (secondary N) is 1. The monoisotopic (exact) mass is 382 g/mol. The zero-order valence-corrected chi connectivity index (χ0v) is 16.3. The summed E-state index contributed by atoms with van der Waals surface area (Å²) in [5, 5.41) is 2.93. The van der Waals surface area contributed by atoms with Gasteiger partial charge in [0.15, 0.2) is 0 Å². The Labute approximate surface area is 165 Å². The number of carbonyl (C=O) groups excluding carboxylic acids is 2. The van der Waals surface area contributed by atoms with E-state index in [2.05, 4.69) is 5.32 Å². The number of rotatable bonds is 8. The first-order valence-electron chi connectivity index (χ1n) is 9.41. The van der Waals surface area contributed by atoms with Gasteiger partial charge in [-0.1, -0.05) is 30.3 Å². The molecule has 0 unspecified atom stereocenters. The van der Waals surface area contributed by atoms with E-state index in [1.54, 1.807) is 19.1 Å². The second-order valence-electron chi connectivity index (χ2n) is 6.87. The van der Waals surface area contributed by atoms with Crippen LogP contribution in [0, 0.1) is 5.92 Å². The quantitative estimate of drug-likeness (QED) is 0.761. The minimum absolute atomic E-state index is 0.0371. The zero-order chi connectivity index (χ0) is 19.9. The molecule has 0 spiro atoms. The molecule has 1 heterocycles. The van der Waals surface area contributed by atoms with Crippen LogP contribution in [0.3, 0.4) is 0 Å². The van der Waals surface area contributed by atoms with E-state index in [9.17, 15) is 9.59 Å². The molecule has 0 radical (unpaired) electrons. The van der Waals surface area contributed by atoms with Crippen LogP contribution in [-0.4, -0.2) is 44.0 Å². The Hall–Kier alpha value is -3.02. The third kappa shape index (κ3) is 4.82. The van der Waals surface area contributed by atoms with Crippen molar-refractivity contribution in [3.8, 4) is 11.5 Å². The number of hydrogen-bond acceptors (Lipinski definition) is 4. The number of likely N-dealkylation sites (tertiary alicyclic amines) is 1. The van der Waals surface area contributed by atoms with Gasteiger partial charge in [-0.3, -0.25) is 9.59 Å². The van der Waals surface area contributed by atoms with Crippen LogP contribution in [0.1, 0.15) is 17.5 Å². The first kappa shape index (κ1) is 19.7. The molecule has 1 aliphatic heterocycles. The molecule has 1 atom stereocenters. The van der Waals surface area contributed by atoms with Crippen LogP contribution in [-0.2, 0) is 22.6 Å². The average Bonchev–Trinajstić information content (AvgIpc) is 3.11. The van der Waals surface area contributed by atoms with E-state index in [4.69, 9.17) is 9.47 Å². The molecular weight excluding hydrogens is 356 g/mol. The van der Waals surface area contributed by atoms with Crippen LogP contribution < -0.4 is 14.8 Å². The van der Waals surface area contributed by atoms with Crippen molar-refractivity contribution in [3.05, 3.63) is 59.7 Å². The normalized spacial score (nSPS) is 16.1. The topological polar surface area (TPSA) is 67.9 Å². The van der Waals surface area contributed by atoms with E-state index in [-0.39, 0.29) is 24.2 Å². The predicted molar refractivity (Wildman–Crippen MR) is 106 cm³/mol. The maximum absolute atomic E-state index is 12.6. The Kier molecular flexibility index (Phi) is 6.53. The summed E-state index contributed by atoms with van der Waals surface area (Å²) in [4.78, 5) is 26.6. The molecule has 1 N–H and O–H groups in total. The summed E-state index contributed by atoms with van der Waals surface area (Å²) in [5.41, 5.74) is 2.02. The van der Waals surface area contributed by atoms with Gasteiger partial charge in [-0.15, -0.1) is 0 Å². The smallest absolute Gasteiger partial charge is 0.225 e. The summed E-state index contributed by atoms with van der Waals surface area (Å²) in [6.07, 6.45) is 1.05. The fourth-order valence-electron chi connectivity index (χ4n) is 3.42.